The summed E-state index contributed by atoms with van der Waals surface area (Å²) in [5.74, 6) is -0.707. The number of rotatable bonds is 8. The van der Waals surface area contributed by atoms with Crippen molar-refractivity contribution in [2.45, 2.75) is 19.3 Å². The van der Waals surface area contributed by atoms with Gasteiger partial charge in [-0.25, -0.2) is 0 Å². The SMILES string of the molecule is O=C(CCCNc1ccccc1[N+](=O)[O-])OCC(=O)N1CCc2ccccc21. The van der Waals surface area contributed by atoms with Crippen LogP contribution in [0.3, 0.4) is 0 Å². The Bertz CT molecular complexity index is 884. The molecule has 0 radical (unpaired) electrons. The van der Waals surface area contributed by atoms with E-state index in [2.05, 4.69) is 5.32 Å². The van der Waals surface area contributed by atoms with E-state index in [1.54, 1.807) is 23.1 Å². The minimum Gasteiger partial charge on any atom is -0.456 e. The lowest BCUT2D eigenvalue weighted by atomic mass is 10.2. The molecule has 1 amide bonds. The Morgan fingerprint density at radius 3 is 2.71 bits per heavy atom. The highest BCUT2D eigenvalue weighted by molar-refractivity contribution is 5.97. The fourth-order valence-corrected chi connectivity index (χ4v) is 3.13. The number of anilines is 2. The van der Waals surface area contributed by atoms with Gasteiger partial charge in [-0.3, -0.25) is 19.7 Å². The largest absolute Gasteiger partial charge is 0.456 e. The normalized spacial score (nSPS) is 12.4. The fourth-order valence-electron chi connectivity index (χ4n) is 3.13. The number of benzene rings is 2. The van der Waals surface area contributed by atoms with Crippen LogP contribution >= 0.6 is 0 Å². The molecule has 0 aliphatic carbocycles. The molecule has 1 aliphatic heterocycles. The Labute approximate surface area is 162 Å². The van der Waals surface area contributed by atoms with E-state index in [4.69, 9.17) is 4.74 Å². The second kappa shape index (κ2) is 8.98. The second-order valence-electron chi connectivity index (χ2n) is 6.39. The van der Waals surface area contributed by atoms with Gasteiger partial charge in [-0.2, -0.15) is 0 Å². The first-order valence-electron chi connectivity index (χ1n) is 9.07. The molecule has 0 unspecified atom stereocenters. The molecule has 0 fully saturated rings. The molecule has 28 heavy (non-hydrogen) atoms. The topological polar surface area (TPSA) is 102 Å². The molecule has 146 valence electrons. The lowest BCUT2D eigenvalue weighted by Crippen LogP contribution is -2.33. The number of nitrogens with zero attached hydrogens (tertiary/aromatic N) is 2. The van der Waals surface area contributed by atoms with Crippen LogP contribution in [0.15, 0.2) is 48.5 Å². The number of hydrogen-bond acceptors (Lipinski definition) is 6. The maximum atomic E-state index is 12.3. The molecule has 0 aromatic heterocycles. The average molecular weight is 383 g/mol. The van der Waals surface area contributed by atoms with Gasteiger partial charge in [0.05, 0.1) is 4.92 Å². The number of fused-ring (bicyclic) bond motifs is 1. The summed E-state index contributed by atoms with van der Waals surface area (Å²) in [6, 6.07) is 14.0. The molecule has 1 heterocycles. The van der Waals surface area contributed by atoms with E-state index in [1.807, 2.05) is 24.3 Å². The summed E-state index contributed by atoms with van der Waals surface area (Å²) in [4.78, 5) is 36.3. The fraction of sp³-hybridized carbons (Fsp3) is 0.300. The molecule has 1 aliphatic rings. The van der Waals surface area contributed by atoms with E-state index in [1.165, 1.54) is 6.07 Å². The van der Waals surface area contributed by atoms with Gasteiger partial charge in [0.25, 0.3) is 11.6 Å². The molecule has 2 aromatic rings. The minimum atomic E-state index is -0.467. The number of esters is 1. The van der Waals surface area contributed by atoms with Crippen molar-refractivity contribution in [3.05, 3.63) is 64.2 Å². The van der Waals surface area contributed by atoms with Crippen LogP contribution in [0, 0.1) is 10.1 Å². The van der Waals surface area contributed by atoms with Crippen LogP contribution in [-0.2, 0) is 20.7 Å². The zero-order valence-electron chi connectivity index (χ0n) is 15.3. The number of carbonyl (C=O) groups excluding carboxylic acids is 2. The quantitative estimate of drug-likeness (QED) is 0.325. The van der Waals surface area contributed by atoms with Crippen molar-refractivity contribution in [3.63, 3.8) is 0 Å². The molecule has 0 saturated heterocycles. The van der Waals surface area contributed by atoms with E-state index in [0.717, 1.165) is 17.7 Å². The average Bonchev–Trinajstić information content (AvgIpc) is 3.14. The smallest absolute Gasteiger partial charge is 0.306 e. The van der Waals surface area contributed by atoms with E-state index in [-0.39, 0.29) is 24.6 Å². The Morgan fingerprint density at radius 1 is 1.14 bits per heavy atom. The van der Waals surface area contributed by atoms with E-state index in [0.29, 0.717) is 25.2 Å². The number of carbonyl (C=O) groups is 2. The maximum absolute atomic E-state index is 12.3. The van der Waals surface area contributed by atoms with Crippen molar-refractivity contribution in [1.29, 1.82) is 0 Å². The summed E-state index contributed by atoms with van der Waals surface area (Å²) >= 11 is 0. The number of amides is 1. The van der Waals surface area contributed by atoms with Crippen molar-refractivity contribution < 1.29 is 19.2 Å². The third-order valence-electron chi connectivity index (χ3n) is 4.52. The molecule has 8 heteroatoms. The molecule has 1 N–H and O–H groups in total. The highest BCUT2D eigenvalue weighted by Gasteiger charge is 2.24. The Balaban J connectivity index is 1.39. The van der Waals surface area contributed by atoms with Gasteiger partial charge in [0.15, 0.2) is 6.61 Å². The number of ether oxygens (including phenoxy) is 1. The molecule has 3 rings (SSSR count). The van der Waals surface area contributed by atoms with Gasteiger partial charge in [0.1, 0.15) is 5.69 Å². The van der Waals surface area contributed by atoms with Gasteiger partial charge < -0.3 is 15.0 Å². The Morgan fingerprint density at radius 2 is 1.89 bits per heavy atom. The van der Waals surface area contributed by atoms with E-state index in [9.17, 15) is 19.7 Å². The highest BCUT2D eigenvalue weighted by atomic mass is 16.6. The monoisotopic (exact) mass is 383 g/mol. The van der Waals surface area contributed by atoms with Crippen LogP contribution in [0.5, 0.6) is 0 Å². The predicted octanol–water partition coefficient (Wildman–Crippen LogP) is 2.92. The predicted molar refractivity (Wildman–Crippen MR) is 104 cm³/mol. The molecule has 8 nitrogen and oxygen atoms in total. The third kappa shape index (κ3) is 4.64. The summed E-state index contributed by atoms with van der Waals surface area (Å²) < 4.78 is 5.08. The first kappa shape index (κ1) is 19.3. The number of nitro groups is 1. The van der Waals surface area contributed by atoms with Gasteiger partial charge in [0.2, 0.25) is 0 Å². The van der Waals surface area contributed by atoms with Gasteiger partial charge in [0, 0.05) is 31.3 Å². The lowest BCUT2D eigenvalue weighted by molar-refractivity contribution is -0.384. The van der Waals surface area contributed by atoms with Crippen LogP contribution in [0.2, 0.25) is 0 Å². The van der Waals surface area contributed by atoms with Crippen molar-refractivity contribution in [1.82, 2.24) is 0 Å². The van der Waals surface area contributed by atoms with E-state index < -0.39 is 10.9 Å². The number of hydrogen-bond donors (Lipinski definition) is 1. The number of para-hydroxylation sites is 3. The highest BCUT2D eigenvalue weighted by Crippen LogP contribution is 2.27. The van der Waals surface area contributed by atoms with Crippen LogP contribution < -0.4 is 10.2 Å². The third-order valence-corrected chi connectivity index (χ3v) is 4.52. The molecule has 0 bridgehead atoms. The molecule has 0 saturated carbocycles. The van der Waals surface area contributed by atoms with Crippen LogP contribution in [0.1, 0.15) is 18.4 Å². The summed E-state index contributed by atoms with van der Waals surface area (Å²) in [5.41, 5.74) is 2.38. The zero-order valence-corrected chi connectivity index (χ0v) is 15.3. The van der Waals surface area contributed by atoms with E-state index >= 15 is 0 Å². The maximum Gasteiger partial charge on any atom is 0.306 e. The minimum absolute atomic E-state index is 0.0124. The molecule has 0 spiro atoms. The Kier molecular flexibility index (Phi) is 6.21. The van der Waals surface area contributed by atoms with Crippen LogP contribution in [-0.4, -0.2) is 36.5 Å². The van der Waals surface area contributed by atoms with Crippen molar-refractivity contribution in [2.24, 2.45) is 0 Å². The summed E-state index contributed by atoms with van der Waals surface area (Å²) in [7, 11) is 0. The Hall–Kier alpha value is -3.42. The standard InChI is InChI=1S/C20H21N3O5/c24-19(22-13-11-15-6-1-3-8-17(15)22)14-28-20(25)10-5-12-21-16-7-2-4-9-18(16)23(26)27/h1-4,6-9,21H,5,10-14H2. The number of nitro benzene ring substituents is 1. The molecule has 0 atom stereocenters. The first-order valence-corrected chi connectivity index (χ1v) is 9.07. The summed E-state index contributed by atoms with van der Waals surface area (Å²) in [6.07, 6.45) is 1.36. The van der Waals surface area contributed by atoms with Crippen molar-refractivity contribution in [3.8, 4) is 0 Å². The number of nitrogens with one attached hydrogen (secondary N) is 1. The van der Waals surface area contributed by atoms with Gasteiger partial charge in [-0.1, -0.05) is 30.3 Å². The molecular formula is C20H21N3O5. The zero-order chi connectivity index (χ0) is 19.9. The van der Waals surface area contributed by atoms with Gasteiger partial charge >= 0.3 is 5.97 Å². The second-order valence-corrected chi connectivity index (χ2v) is 6.39. The first-order chi connectivity index (χ1) is 13.6. The summed E-state index contributed by atoms with van der Waals surface area (Å²) in [5, 5.41) is 13.9. The van der Waals surface area contributed by atoms with Crippen LogP contribution in [0.4, 0.5) is 17.1 Å². The van der Waals surface area contributed by atoms with Crippen molar-refractivity contribution >= 4 is 28.9 Å². The van der Waals surface area contributed by atoms with Gasteiger partial charge in [-0.15, -0.1) is 0 Å². The molecular weight excluding hydrogens is 362 g/mol. The van der Waals surface area contributed by atoms with Crippen LogP contribution in [0.25, 0.3) is 0 Å². The van der Waals surface area contributed by atoms with Gasteiger partial charge in [-0.05, 0) is 30.5 Å². The lowest BCUT2D eigenvalue weighted by Gasteiger charge is -2.17. The molecule has 2 aromatic carbocycles. The summed E-state index contributed by atoms with van der Waals surface area (Å²) in [6.45, 7) is 0.688. The van der Waals surface area contributed by atoms with Crippen molar-refractivity contribution in [2.75, 3.05) is 29.9 Å².